The third-order valence-corrected chi connectivity index (χ3v) is 4.02. The molecular weight excluding hydrogens is 294 g/mol. The number of rotatable bonds is 4. The van der Waals surface area contributed by atoms with Crippen LogP contribution < -0.4 is 0 Å². The molecule has 1 fully saturated rings. The lowest BCUT2D eigenvalue weighted by molar-refractivity contribution is -0.121. The molecule has 0 bridgehead atoms. The Labute approximate surface area is 125 Å². The first-order chi connectivity index (χ1) is 9.52. The predicted octanol–water partition coefficient (Wildman–Crippen LogP) is 2.77. The molecule has 1 amide bonds. The predicted molar refractivity (Wildman–Crippen MR) is 83.5 cm³/mol. The number of thiocarbonyl (C=S) groups is 1. The van der Waals surface area contributed by atoms with Crippen LogP contribution >= 0.6 is 24.0 Å². The average Bonchev–Trinajstić information content (AvgIpc) is 2.67. The number of hydrogen-bond acceptors (Lipinski definition) is 4. The maximum absolute atomic E-state index is 12.1. The van der Waals surface area contributed by atoms with E-state index in [4.69, 9.17) is 17.3 Å². The highest BCUT2D eigenvalue weighted by Gasteiger charge is 2.30. The van der Waals surface area contributed by atoms with Crippen LogP contribution in [0.4, 0.5) is 0 Å². The van der Waals surface area contributed by atoms with E-state index in [2.05, 4.69) is 6.58 Å². The van der Waals surface area contributed by atoms with E-state index in [1.165, 1.54) is 28.8 Å². The van der Waals surface area contributed by atoms with Gasteiger partial charge in [-0.3, -0.25) is 9.69 Å². The number of aromatic carboxylic acids is 1. The molecule has 102 valence electrons. The van der Waals surface area contributed by atoms with Crippen molar-refractivity contribution in [2.24, 2.45) is 0 Å². The standard InChI is InChI=1S/C14H11NO3S2/c1-2-7-15-12(16)11(20-14(15)19)8-9-3-5-10(6-4-9)13(17)18/h2-6,8H,1,7H2,(H,17,18)/b11-8-. The van der Waals surface area contributed by atoms with Crippen LogP contribution in [-0.4, -0.2) is 32.7 Å². The summed E-state index contributed by atoms with van der Waals surface area (Å²) in [5.41, 5.74) is 0.968. The molecule has 0 atom stereocenters. The van der Waals surface area contributed by atoms with Crippen LogP contribution in [0.3, 0.4) is 0 Å². The monoisotopic (exact) mass is 305 g/mol. The molecule has 1 N–H and O–H groups in total. The molecule has 0 spiro atoms. The van der Waals surface area contributed by atoms with Crippen molar-refractivity contribution in [2.75, 3.05) is 6.54 Å². The van der Waals surface area contributed by atoms with Crippen molar-refractivity contribution >= 4 is 46.3 Å². The SMILES string of the molecule is C=CCN1C(=O)/C(=C/c2ccc(C(=O)O)cc2)SC1=S. The molecule has 0 aliphatic carbocycles. The van der Waals surface area contributed by atoms with Gasteiger partial charge in [-0.1, -0.05) is 42.2 Å². The molecule has 0 aromatic heterocycles. The first-order valence-electron chi connectivity index (χ1n) is 5.72. The van der Waals surface area contributed by atoms with Crippen molar-refractivity contribution < 1.29 is 14.7 Å². The average molecular weight is 305 g/mol. The molecule has 6 heteroatoms. The minimum absolute atomic E-state index is 0.151. The molecule has 4 nitrogen and oxygen atoms in total. The number of carboxylic acid groups (broad SMARTS) is 1. The van der Waals surface area contributed by atoms with Crippen molar-refractivity contribution in [3.63, 3.8) is 0 Å². The molecule has 0 unspecified atom stereocenters. The van der Waals surface area contributed by atoms with Gasteiger partial charge in [0.05, 0.1) is 10.5 Å². The quantitative estimate of drug-likeness (QED) is 0.526. The largest absolute Gasteiger partial charge is 0.478 e. The van der Waals surface area contributed by atoms with Gasteiger partial charge < -0.3 is 5.11 Å². The van der Waals surface area contributed by atoms with Crippen LogP contribution in [0.2, 0.25) is 0 Å². The second kappa shape index (κ2) is 6.02. The summed E-state index contributed by atoms with van der Waals surface area (Å²) < 4.78 is 0.503. The Morgan fingerprint density at radius 2 is 2.05 bits per heavy atom. The zero-order valence-corrected chi connectivity index (χ0v) is 12.0. The lowest BCUT2D eigenvalue weighted by Crippen LogP contribution is -2.27. The van der Waals surface area contributed by atoms with Crippen LogP contribution in [-0.2, 0) is 4.79 Å². The number of amides is 1. The summed E-state index contributed by atoms with van der Waals surface area (Å²) in [4.78, 5) is 24.9. The van der Waals surface area contributed by atoms with Gasteiger partial charge in [0.2, 0.25) is 0 Å². The Kier molecular flexibility index (Phi) is 4.36. The van der Waals surface area contributed by atoms with Crippen LogP contribution in [0.5, 0.6) is 0 Å². The smallest absolute Gasteiger partial charge is 0.335 e. The number of carboxylic acids is 1. The first kappa shape index (κ1) is 14.5. The third kappa shape index (κ3) is 2.97. The Balaban J connectivity index is 2.23. The van der Waals surface area contributed by atoms with Gasteiger partial charge in [0, 0.05) is 6.54 Å². The molecule has 0 saturated carbocycles. The minimum Gasteiger partial charge on any atom is -0.478 e. The molecule has 1 aromatic rings. The van der Waals surface area contributed by atoms with Crippen molar-refractivity contribution in [2.45, 2.75) is 0 Å². The molecular formula is C14H11NO3S2. The lowest BCUT2D eigenvalue weighted by atomic mass is 10.1. The number of carbonyl (C=O) groups is 2. The summed E-state index contributed by atoms with van der Waals surface area (Å²) in [6.07, 6.45) is 3.32. The Morgan fingerprint density at radius 3 is 2.60 bits per heavy atom. The summed E-state index contributed by atoms with van der Waals surface area (Å²) in [5.74, 6) is -1.13. The normalized spacial score (nSPS) is 16.8. The van der Waals surface area contributed by atoms with Crippen molar-refractivity contribution in [3.05, 3.63) is 53.0 Å². The summed E-state index contributed by atoms with van der Waals surface area (Å²) in [7, 11) is 0. The van der Waals surface area contributed by atoms with E-state index in [0.717, 1.165) is 5.56 Å². The topological polar surface area (TPSA) is 57.6 Å². The van der Waals surface area contributed by atoms with Crippen LogP contribution in [0.1, 0.15) is 15.9 Å². The number of hydrogen-bond donors (Lipinski definition) is 1. The van der Waals surface area contributed by atoms with Crippen molar-refractivity contribution in [3.8, 4) is 0 Å². The molecule has 1 aromatic carbocycles. The Morgan fingerprint density at radius 1 is 1.40 bits per heavy atom. The Hall–Kier alpha value is -1.92. The van der Waals surface area contributed by atoms with Gasteiger partial charge in [0.25, 0.3) is 5.91 Å². The summed E-state index contributed by atoms with van der Waals surface area (Å²) >= 11 is 6.36. The van der Waals surface area contributed by atoms with E-state index in [1.807, 2.05) is 0 Å². The van der Waals surface area contributed by atoms with Crippen molar-refractivity contribution in [1.82, 2.24) is 4.90 Å². The lowest BCUT2D eigenvalue weighted by Gasteiger charge is -2.10. The maximum Gasteiger partial charge on any atom is 0.335 e. The van der Waals surface area contributed by atoms with E-state index < -0.39 is 5.97 Å². The third-order valence-electron chi connectivity index (χ3n) is 2.64. The maximum atomic E-state index is 12.1. The minimum atomic E-state index is -0.978. The van der Waals surface area contributed by atoms with Crippen LogP contribution in [0.25, 0.3) is 6.08 Å². The number of benzene rings is 1. The van der Waals surface area contributed by atoms with Gasteiger partial charge in [0.15, 0.2) is 0 Å². The fraction of sp³-hybridized carbons (Fsp3) is 0.0714. The van der Waals surface area contributed by atoms with E-state index in [-0.39, 0.29) is 11.5 Å². The molecule has 1 heterocycles. The molecule has 1 aliphatic heterocycles. The van der Waals surface area contributed by atoms with Gasteiger partial charge in [0.1, 0.15) is 4.32 Å². The fourth-order valence-electron chi connectivity index (χ4n) is 1.66. The van der Waals surface area contributed by atoms with Gasteiger partial charge in [-0.25, -0.2) is 4.79 Å². The van der Waals surface area contributed by atoms with E-state index in [1.54, 1.807) is 24.3 Å². The summed E-state index contributed by atoms with van der Waals surface area (Å²) in [6.45, 7) is 3.98. The summed E-state index contributed by atoms with van der Waals surface area (Å²) in [5, 5.41) is 8.82. The van der Waals surface area contributed by atoms with Gasteiger partial charge in [-0.2, -0.15) is 0 Å². The number of nitrogens with zero attached hydrogens (tertiary/aromatic N) is 1. The van der Waals surface area contributed by atoms with E-state index in [0.29, 0.717) is 15.8 Å². The highest BCUT2D eigenvalue weighted by Crippen LogP contribution is 2.32. The van der Waals surface area contributed by atoms with Gasteiger partial charge >= 0.3 is 5.97 Å². The first-order valence-corrected chi connectivity index (χ1v) is 6.95. The summed E-state index contributed by atoms with van der Waals surface area (Å²) in [6, 6.07) is 6.31. The van der Waals surface area contributed by atoms with Gasteiger partial charge in [-0.15, -0.1) is 6.58 Å². The molecule has 20 heavy (non-hydrogen) atoms. The molecule has 1 aliphatic rings. The molecule has 1 saturated heterocycles. The highest BCUT2D eigenvalue weighted by atomic mass is 32.2. The zero-order valence-electron chi connectivity index (χ0n) is 10.4. The fourth-order valence-corrected chi connectivity index (χ4v) is 2.93. The second-order valence-corrected chi connectivity index (χ2v) is 5.68. The zero-order chi connectivity index (χ0) is 14.7. The van der Waals surface area contributed by atoms with Crippen LogP contribution in [0, 0.1) is 0 Å². The Bertz CT molecular complexity index is 620. The number of carbonyl (C=O) groups excluding carboxylic acids is 1. The molecule has 2 rings (SSSR count). The number of thioether (sulfide) groups is 1. The van der Waals surface area contributed by atoms with E-state index in [9.17, 15) is 9.59 Å². The second-order valence-electron chi connectivity index (χ2n) is 4.01. The van der Waals surface area contributed by atoms with E-state index >= 15 is 0 Å². The molecule has 0 radical (unpaired) electrons. The van der Waals surface area contributed by atoms with Crippen molar-refractivity contribution in [1.29, 1.82) is 0 Å². The van der Waals surface area contributed by atoms with Gasteiger partial charge in [-0.05, 0) is 23.8 Å². The van der Waals surface area contributed by atoms with Crippen LogP contribution in [0.15, 0.2) is 41.8 Å². The highest BCUT2D eigenvalue weighted by molar-refractivity contribution is 8.26.